The van der Waals surface area contributed by atoms with Crippen LogP contribution in [0.1, 0.15) is 24.6 Å². The van der Waals surface area contributed by atoms with Crippen molar-refractivity contribution in [1.29, 1.82) is 0 Å². The SMILES string of the molecule is O=c1[nH]c(C2CC2)nc2cccc(Br)c12. The minimum absolute atomic E-state index is 0.0469. The molecule has 1 aliphatic rings. The highest BCUT2D eigenvalue weighted by Crippen LogP contribution is 2.37. The minimum Gasteiger partial charge on any atom is -0.310 e. The number of rotatable bonds is 1. The van der Waals surface area contributed by atoms with Crippen molar-refractivity contribution in [1.82, 2.24) is 9.97 Å². The number of benzene rings is 1. The predicted octanol–water partition coefficient (Wildman–Crippen LogP) is 2.56. The van der Waals surface area contributed by atoms with Crippen LogP contribution in [0.4, 0.5) is 0 Å². The van der Waals surface area contributed by atoms with Gasteiger partial charge >= 0.3 is 0 Å². The first-order valence-electron chi connectivity index (χ1n) is 4.94. The predicted molar refractivity (Wildman–Crippen MR) is 62.0 cm³/mol. The van der Waals surface area contributed by atoms with Crippen LogP contribution >= 0.6 is 15.9 Å². The quantitative estimate of drug-likeness (QED) is 0.861. The molecule has 4 heteroatoms. The van der Waals surface area contributed by atoms with E-state index < -0.39 is 0 Å². The van der Waals surface area contributed by atoms with Gasteiger partial charge in [0.1, 0.15) is 5.82 Å². The molecular formula is C11H9BrN2O. The molecule has 1 aliphatic carbocycles. The van der Waals surface area contributed by atoms with Crippen LogP contribution in [0.3, 0.4) is 0 Å². The van der Waals surface area contributed by atoms with E-state index in [0.29, 0.717) is 11.3 Å². The summed E-state index contributed by atoms with van der Waals surface area (Å²) >= 11 is 3.36. The molecule has 3 nitrogen and oxygen atoms in total. The molecule has 2 aromatic rings. The molecule has 0 aliphatic heterocycles. The summed E-state index contributed by atoms with van der Waals surface area (Å²) in [5, 5.41) is 0.641. The zero-order chi connectivity index (χ0) is 10.4. The van der Waals surface area contributed by atoms with Gasteiger partial charge in [-0.3, -0.25) is 4.79 Å². The largest absolute Gasteiger partial charge is 0.310 e. The van der Waals surface area contributed by atoms with Gasteiger partial charge in [-0.2, -0.15) is 0 Å². The summed E-state index contributed by atoms with van der Waals surface area (Å²) in [6.07, 6.45) is 2.28. The molecule has 1 fully saturated rings. The fourth-order valence-corrected chi connectivity index (χ4v) is 2.25. The fourth-order valence-electron chi connectivity index (χ4n) is 1.72. The number of halogens is 1. The first-order valence-corrected chi connectivity index (χ1v) is 5.73. The van der Waals surface area contributed by atoms with Crippen molar-refractivity contribution in [2.75, 3.05) is 0 Å². The van der Waals surface area contributed by atoms with Crippen LogP contribution in [0.5, 0.6) is 0 Å². The van der Waals surface area contributed by atoms with E-state index in [1.54, 1.807) is 0 Å². The van der Waals surface area contributed by atoms with Gasteiger partial charge in [0.2, 0.25) is 0 Å². The van der Waals surface area contributed by atoms with Gasteiger partial charge in [-0.15, -0.1) is 0 Å². The monoisotopic (exact) mass is 264 g/mol. The lowest BCUT2D eigenvalue weighted by Crippen LogP contribution is -2.11. The molecule has 0 unspecified atom stereocenters. The Morgan fingerprint density at radius 1 is 1.40 bits per heavy atom. The van der Waals surface area contributed by atoms with Crippen molar-refractivity contribution in [3.63, 3.8) is 0 Å². The minimum atomic E-state index is -0.0469. The molecule has 3 rings (SSSR count). The Labute approximate surface area is 94.7 Å². The molecule has 1 heterocycles. The van der Waals surface area contributed by atoms with Crippen LogP contribution in [0, 0.1) is 0 Å². The van der Waals surface area contributed by atoms with Gasteiger partial charge in [-0.1, -0.05) is 6.07 Å². The highest BCUT2D eigenvalue weighted by atomic mass is 79.9. The average Bonchev–Trinajstić information content (AvgIpc) is 3.00. The Hall–Kier alpha value is -1.16. The third-order valence-corrected chi connectivity index (χ3v) is 3.33. The number of hydrogen-bond acceptors (Lipinski definition) is 2. The molecule has 0 saturated heterocycles. The van der Waals surface area contributed by atoms with E-state index >= 15 is 0 Å². The Balaban J connectivity index is 2.36. The Morgan fingerprint density at radius 2 is 2.20 bits per heavy atom. The molecule has 76 valence electrons. The van der Waals surface area contributed by atoms with Crippen molar-refractivity contribution >= 4 is 26.8 Å². The number of nitrogens with zero attached hydrogens (tertiary/aromatic N) is 1. The summed E-state index contributed by atoms with van der Waals surface area (Å²) in [6, 6.07) is 5.63. The summed E-state index contributed by atoms with van der Waals surface area (Å²) in [7, 11) is 0. The zero-order valence-electron chi connectivity index (χ0n) is 7.96. The highest BCUT2D eigenvalue weighted by molar-refractivity contribution is 9.10. The number of hydrogen-bond donors (Lipinski definition) is 1. The summed E-state index contributed by atoms with van der Waals surface area (Å²) in [6.45, 7) is 0. The molecule has 1 aromatic heterocycles. The van der Waals surface area contributed by atoms with E-state index in [1.807, 2.05) is 18.2 Å². The van der Waals surface area contributed by atoms with Gasteiger partial charge in [-0.25, -0.2) is 4.98 Å². The van der Waals surface area contributed by atoms with E-state index in [1.165, 1.54) is 0 Å². The standard InChI is InChI=1S/C11H9BrN2O/c12-7-2-1-3-8-9(7)11(15)14-10(13-8)6-4-5-6/h1-3,6H,4-5H2,(H,13,14,15). The van der Waals surface area contributed by atoms with Crippen LogP contribution < -0.4 is 5.56 Å². The maximum absolute atomic E-state index is 11.8. The number of fused-ring (bicyclic) bond motifs is 1. The molecule has 0 atom stereocenters. The van der Waals surface area contributed by atoms with Crippen LogP contribution in [-0.4, -0.2) is 9.97 Å². The lowest BCUT2D eigenvalue weighted by Gasteiger charge is -2.02. The molecule has 1 N–H and O–H groups in total. The number of nitrogens with one attached hydrogen (secondary N) is 1. The van der Waals surface area contributed by atoms with Crippen LogP contribution in [0.15, 0.2) is 27.5 Å². The lowest BCUT2D eigenvalue weighted by molar-refractivity contribution is 0.931. The van der Waals surface area contributed by atoms with Crippen LogP contribution in [-0.2, 0) is 0 Å². The van der Waals surface area contributed by atoms with Gasteiger partial charge in [0, 0.05) is 10.4 Å². The van der Waals surface area contributed by atoms with Gasteiger partial charge in [0.15, 0.2) is 0 Å². The first kappa shape index (κ1) is 9.09. The zero-order valence-corrected chi connectivity index (χ0v) is 9.54. The Bertz CT molecular complexity index is 587. The second-order valence-electron chi connectivity index (χ2n) is 3.86. The highest BCUT2D eigenvalue weighted by Gasteiger charge is 2.26. The maximum Gasteiger partial charge on any atom is 0.259 e. The molecule has 0 spiro atoms. The molecule has 0 bridgehead atoms. The van der Waals surface area contributed by atoms with Crippen molar-refractivity contribution in [2.24, 2.45) is 0 Å². The van der Waals surface area contributed by atoms with E-state index in [0.717, 1.165) is 28.7 Å². The van der Waals surface area contributed by atoms with Crippen molar-refractivity contribution in [3.05, 3.63) is 38.9 Å². The first-order chi connectivity index (χ1) is 7.25. The van der Waals surface area contributed by atoms with Crippen LogP contribution in [0.2, 0.25) is 0 Å². The van der Waals surface area contributed by atoms with Gasteiger partial charge in [-0.05, 0) is 40.9 Å². The molecule has 0 radical (unpaired) electrons. The van der Waals surface area contributed by atoms with E-state index in [2.05, 4.69) is 25.9 Å². The Kier molecular flexibility index (Phi) is 1.92. The summed E-state index contributed by atoms with van der Waals surface area (Å²) < 4.78 is 0.802. The third-order valence-electron chi connectivity index (χ3n) is 2.67. The topological polar surface area (TPSA) is 45.8 Å². The summed E-state index contributed by atoms with van der Waals surface area (Å²) in [5.41, 5.74) is 0.726. The van der Waals surface area contributed by atoms with Gasteiger partial charge in [0.05, 0.1) is 10.9 Å². The Morgan fingerprint density at radius 3 is 2.93 bits per heavy atom. The van der Waals surface area contributed by atoms with Crippen molar-refractivity contribution < 1.29 is 0 Å². The van der Waals surface area contributed by atoms with Crippen molar-refractivity contribution in [3.8, 4) is 0 Å². The molecular weight excluding hydrogens is 256 g/mol. The van der Waals surface area contributed by atoms with E-state index in [4.69, 9.17) is 0 Å². The third kappa shape index (κ3) is 1.49. The average molecular weight is 265 g/mol. The normalized spacial score (nSPS) is 15.8. The summed E-state index contributed by atoms with van der Waals surface area (Å²) in [4.78, 5) is 19.2. The fraction of sp³-hybridized carbons (Fsp3) is 0.273. The second-order valence-corrected chi connectivity index (χ2v) is 4.71. The van der Waals surface area contributed by atoms with Gasteiger partial charge < -0.3 is 4.98 Å². The van der Waals surface area contributed by atoms with Crippen LogP contribution in [0.25, 0.3) is 10.9 Å². The lowest BCUT2D eigenvalue weighted by atomic mass is 10.2. The van der Waals surface area contributed by atoms with E-state index in [-0.39, 0.29) is 5.56 Å². The smallest absolute Gasteiger partial charge is 0.259 e. The van der Waals surface area contributed by atoms with Gasteiger partial charge in [0.25, 0.3) is 5.56 Å². The number of aromatic amines is 1. The molecule has 1 aromatic carbocycles. The van der Waals surface area contributed by atoms with Crippen molar-refractivity contribution in [2.45, 2.75) is 18.8 Å². The molecule has 15 heavy (non-hydrogen) atoms. The number of H-pyrrole nitrogens is 1. The maximum atomic E-state index is 11.8. The summed E-state index contributed by atoms with van der Waals surface area (Å²) in [5.74, 6) is 1.31. The van der Waals surface area contributed by atoms with E-state index in [9.17, 15) is 4.79 Å². The molecule has 1 saturated carbocycles. The molecule has 0 amide bonds. The second kappa shape index (κ2) is 3.17. The number of aromatic nitrogens is 2.